The van der Waals surface area contributed by atoms with Crippen molar-refractivity contribution in [2.24, 2.45) is 7.05 Å². The maximum Gasteiger partial charge on any atom is 0.109 e. The lowest BCUT2D eigenvalue weighted by molar-refractivity contribution is 0.784. The maximum atomic E-state index is 9.18. The molecule has 0 aliphatic heterocycles. The molecule has 3 nitrogen and oxygen atoms in total. The predicted octanol–water partition coefficient (Wildman–Crippen LogP) is 3.54. The van der Waals surface area contributed by atoms with Gasteiger partial charge in [0.15, 0.2) is 0 Å². The number of fused-ring (bicyclic) bond motifs is 1. The minimum absolute atomic E-state index is 0.644. The van der Waals surface area contributed by atoms with Crippen LogP contribution in [-0.2, 0) is 19.9 Å². The second kappa shape index (κ2) is 5.41. The van der Waals surface area contributed by atoms with Crippen LogP contribution in [-0.4, -0.2) is 9.55 Å². The SMILES string of the molecule is Cc1ccccc1CCc1nc2c(C#N)cccc2n1C. The zero-order chi connectivity index (χ0) is 14.8. The third-order valence-electron chi connectivity index (χ3n) is 4.00. The molecular weight excluding hydrogens is 258 g/mol. The van der Waals surface area contributed by atoms with Gasteiger partial charge in [0.1, 0.15) is 17.4 Å². The number of nitrogens with zero attached hydrogens (tertiary/aromatic N) is 3. The van der Waals surface area contributed by atoms with Crippen LogP contribution in [0.15, 0.2) is 42.5 Å². The molecule has 0 fully saturated rings. The second-order valence-electron chi connectivity index (χ2n) is 5.30. The molecule has 0 saturated heterocycles. The molecule has 0 aliphatic carbocycles. The molecule has 3 aromatic rings. The average molecular weight is 275 g/mol. The fourth-order valence-corrected chi connectivity index (χ4v) is 2.71. The molecule has 0 saturated carbocycles. The molecule has 0 amide bonds. The van der Waals surface area contributed by atoms with Crippen molar-refractivity contribution in [1.29, 1.82) is 5.26 Å². The zero-order valence-corrected chi connectivity index (χ0v) is 12.3. The van der Waals surface area contributed by atoms with E-state index < -0.39 is 0 Å². The standard InChI is InChI=1S/C18H17N3/c1-13-6-3-4-7-14(13)10-11-17-20-18-15(12-19)8-5-9-16(18)21(17)2/h3-9H,10-11H2,1-2H3. The van der Waals surface area contributed by atoms with Crippen LogP contribution in [0.5, 0.6) is 0 Å². The lowest BCUT2D eigenvalue weighted by atomic mass is 10.0. The lowest BCUT2D eigenvalue weighted by Gasteiger charge is -2.05. The third kappa shape index (κ3) is 2.41. The number of hydrogen-bond donors (Lipinski definition) is 0. The number of aryl methyl sites for hydroxylation is 4. The smallest absolute Gasteiger partial charge is 0.109 e. The Balaban J connectivity index is 1.93. The Hall–Kier alpha value is -2.60. The molecule has 1 aromatic heterocycles. The van der Waals surface area contributed by atoms with Crippen molar-refractivity contribution in [3.8, 4) is 6.07 Å². The van der Waals surface area contributed by atoms with Crippen molar-refractivity contribution in [2.75, 3.05) is 0 Å². The molecule has 0 spiro atoms. The number of hydrogen-bond acceptors (Lipinski definition) is 2. The molecule has 3 heteroatoms. The summed E-state index contributed by atoms with van der Waals surface area (Å²) in [5.41, 5.74) is 5.14. The molecule has 0 atom stereocenters. The highest BCUT2D eigenvalue weighted by Gasteiger charge is 2.11. The van der Waals surface area contributed by atoms with Crippen LogP contribution in [0.1, 0.15) is 22.5 Å². The minimum Gasteiger partial charge on any atom is -0.331 e. The largest absolute Gasteiger partial charge is 0.331 e. The van der Waals surface area contributed by atoms with E-state index in [9.17, 15) is 5.26 Å². The van der Waals surface area contributed by atoms with Crippen molar-refractivity contribution < 1.29 is 0 Å². The Morgan fingerprint density at radius 3 is 2.67 bits per heavy atom. The molecule has 2 aromatic carbocycles. The highest BCUT2D eigenvalue weighted by Crippen LogP contribution is 2.20. The van der Waals surface area contributed by atoms with Crippen LogP contribution < -0.4 is 0 Å². The maximum absolute atomic E-state index is 9.18. The van der Waals surface area contributed by atoms with Crippen molar-refractivity contribution in [2.45, 2.75) is 19.8 Å². The summed E-state index contributed by atoms with van der Waals surface area (Å²) in [6.07, 6.45) is 1.84. The van der Waals surface area contributed by atoms with Gasteiger partial charge in [-0.2, -0.15) is 5.26 Å². The summed E-state index contributed by atoms with van der Waals surface area (Å²) in [7, 11) is 2.02. The Bertz CT molecular complexity index is 837. The van der Waals surface area contributed by atoms with E-state index in [2.05, 4.69) is 46.8 Å². The first-order valence-electron chi connectivity index (χ1n) is 7.09. The van der Waals surface area contributed by atoms with Gasteiger partial charge in [0.25, 0.3) is 0 Å². The molecule has 0 bridgehead atoms. The van der Waals surface area contributed by atoms with E-state index in [1.807, 2.05) is 25.2 Å². The molecular formula is C18H17N3. The van der Waals surface area contributed by atoms with Crippen LogP contribution in [0, 0.1) is 18.3 Å². The van der Waals surface area contributed by atoms with Gasteiger partial charge in [-0.15, -0.1) is 0 Å². The summed E-state index contributed by atoms with van der Waals surface area (Å²) >= 11 is 0. The highest BCUT2D eigenvalue weighted by molar-refractivity contribution is 5.82. The minimum atomic E-state index is 0.644. The zero-order valence-electron chi connectivity index (χ0n) is 12.3. The number of rotatable bonds is 3. The normalized spacial score (nSPS) is 10.7. The number of aromatic nitrogens is 2. The van der Waals surface area contributed by atoms with E-state index >= 15 is 0 Å². The van der Waals surface area contributed by atoms with Gasteiger partial charge >= 0.3 is 0 Å². The molecule has 0 radical (unpaired) electrons. The van der Waals surface area contributed by atoms with Gasteiger partial charge in [-0.05, 0) is 36.6 Å². The molecule has 0 unspecified atom stereocenters. The van der Waals surface area contributed by atoms with Crippen molar-refractivity contribution in [3.63, 3.8) is 0 Å². The van der Waals surface area contributed by atoms with Gasteiger partial charge in [0, 0.05) is 13.5 Å². The molecule has 1 heterocycles. The summed E-state index contributed by atoms with van der Waals surface area (Å²) in [6.45, 7) is 2.14. The van der Waals surface area contributed by atoms with E-state index in [0.29, 0.717) is 5.56 Å². The van der Waals surface area contributed by atoms with E-state index in [0.717, 1.165) is 29.7 Å². The first-order chi connectivity index (χ1) is 10.2. The number of para-hydroxylation sites is 1. The number of imidazole rings is 1. The van der Waals surface area contributed by atoms with Crippen molar-refractivity contribution in [3.05, 3.63) is 65.0 Å². The van der Waals surface area contributed by atoms with E-state index in [1.54, 1.807) is 0 Å². The van der Waals surface area contributed by atoms with Crippen LogP contribution >= 0.6 is 0 Å². The van der Waals surface area contributed by atoms with Gasteiger partial charge in [0.2, 0.25) is 0 Å². The van der Waals surface area contributed by atoms with Gasteiger partial charge in [-0.1, -0.05) is 30.3 Å². The monoisotopic (exact) mass is 275 g/mol. The van der Waals surface area contributed by atoms with E-state index in [1.165, 1.54) is 11.1 Å². The average Bonchev–Trinajstić information content (AvgIpc) is 2.83. The van der Waals surface area contributed by atoms with Crippen LogP contribution in [0.3, 0.4) is 0 Å². The fraction of sp³-hybridized carbons (Fsp3) is 0.222. The molecule has 3 rings (SSSR count). The predicted molar refractivity (Wildman–Crippen MR) is 84.0 cm³/mol. The van der Waals surface area contributed by atoms with Gasteiger partial charge < -0.3 is 4.57 Å². The first-order valence-corrected chi connectivity index (χ1v) is 7.09. The molecule has 104 valence electrons. The first kappa shape index (κ1) is 13.4. The topological polar surface area (TPSA) is 41.6 Å². The Morgan fingerprint density at radius 1 is 1.10 bits per heavy atom. The Kier molecular flexibility index (Phi) is 3.45. The second-order valence-corrected chi connectivity index (χ2v) is 5.30. The summed E-state index contributed by atoms with van der Waals surface area (Å²) in [5.74, 6) is 1.02. The molecule has 0 aliphatic rings. The Labute approximate surface area is 124 Å². The van der Waals surface area contributed by atoms with E-state index in [-0.39, 0.29) is 0 Å². The quantitative estimate of drug-likeness (QED) is 0.733. The van der Waals surface area contributed by atoms with Crippen LogP contribution in [0.2, 0.25) is 0 Å². The number of benzene rings is 2. The highest BCUT2D eigenvalue weighted by atomic mass is 15.1. The van der Waals surface area contributed by atoms with Crippen molar-refractivity contribution in [1.82, 2.24) is 9.55 Å². The summed E-state index contributed by atoms with van der Waals surface area (Å²) in [6, 6.07) is 16.4. The van der Waals surface area contributed by atoms with Crippen LogP contribution in [0.4, 0.5) is 0 Å². The fourth-order valence-electron chi connectivity index (χ4n) is 2.71. The molecule has 21 heavy (non-hydrogen) atoms. The lowest BCUT2D eigenvalue weighted by Crippen LogP contribution is -2.01. The van der Waals surface area contributed by atoms with Crippen molar-refractivity contribution >= 4 is 11.0 Å². The van der Waals surface area contributed by atoms with E-state index in [4.69, 9.17) is 0 Å². The van der Waals surface area contributed by atoms with Gasteiger partial charge in [-0.25, -0.2) is 4.98 Å². The van der Waals surface area contributed by atoms with Gasteiger partial charge in [0.05, 0.1) is 11.1 Å². The third-order valence-corrected chi connectivity index (χ3v) is 4.00. The van der Waals surface area contributed by atoms with Crippen LogP contribution in [0.25, 0.3) is 11.0 Å². The summed E-state index contributed by atoms with van der Waals surface area (Å²) in [5, 5.41) is 9.18. The number of nitriles is 1. The van der Waals surface area contributed by atoms with Gasteiger partial charge in [-0.3, -0.25) is 0 Å². The Morgan fingerprint density at radius 2 is 1.90 bits per heavy atom. The molecule has 0 N–H and O–H groups in total. The summed E-state index contributed by atoms with van der Waals surface area (Å²) < 4.78 is 2.09. The summed E-state index contributed by atoms with van der Waals surface area (Å²) in [4.78, 5) is 4.67.